The Morgan fingerprint density at radius 3 is 2.92 bits per heavy atom. The first-order valence-corrected chi connectivity index (χ1v) is 3.82. The van der Waals surface area contributed by atoms with Crippen molar-refractivity contribution in [2.75, 3.05) is 20.5 Å². The molecule has 0 aromatic rings. The Hall–Kier alpha value is -0.420. The Bertz CT molecular complexity index is 144. The smallest absolute Gasteiger partial charge is 0.146 e. The highest BCUT2D eigenvalue weighted by atomic mass is 16.7. The number of hydrogen-bond donors (Lipinski definition) is 1. The summed E-state index contributed by atoms with van der Waals surface area (Å²) >= 11 is 0. The summed E-state index contributed by atoms with van der Waals surface area (Å²) in [6, 6.07) is 0. The molecule has 4 nitrogen and oxygen atoms in total. The number of aliphatic hydroxyl groups is 1. The normalized spacial score (nSPS) is 26.3. The fourth-order valence-corrected chi connectivity index (χ4v) is 0.952. The van der Waals surface area contributed by atoms with Gasteiger partial charge in [-0.3, -0.25) is 0 Å². The van der Waals surface area contributed by atoms with Crippen LogP contribution in [0.4, 0.5) is 0 Å². The molecule has 70 valence electrons. The number of rotatable bonds is 6. The average molecular weight is 174 g/mol. The second-order valence-corrected chi connectivity index (χ2v) is 2.64. The van der Waals surface area contributed by atoms with Crippen LogP contribution in [-0.4, -0.2) is 43.9 Å². The monoisotopic (exact) mass is 174 g/mol. The second-order valence-electron chi connectivity index (χ2n) is 2.64. The molecule has 1 heterocycles. The maximum atomic E-state index is 9.38. The van der Waals surface area contributed by atoms with E-state index in [1.807, 2.05) is 0 Å². The van der Waals surface area contributed by atoms with Crippen molar-refractivity contribution < 1.29 is 19.3 Å². The number of hydrogen-bond acceptors (Lipinski definition) is 4. The van der Waals surface area contributed by atoms with E-state index in [9.17, 15) is 5.11 Å². The van der Waals surface area contributed by atoms with Crippen LogP contribution in [0.15, 0.2) is 12.7 Å². The minimum absolute atomic E-state index is 0.00634. The van der Waals surface area contributed by atoms with Crippen molar-refractivity contribution in [2.45, 2.75) is 18.3 Å². The van der Waals surface area contributed by atoms with E-state index < -0.39 is 6.10 Å². The lowest BCUT2D eigenvalue weighted by atomic mass is 10.1. The first-order chi connectivity index (χ1) is 5.79. The van der Waals surface area contributed by atoms with Gasteiger partial charge in [0.05, 0.1) is 6.61 Å². The zero-order valence-corrected chi connectivity index (χ0v) is 7.10. The molecule has 1 rings (SSSR count). The van der Waals surface area contributed by atoms with Crippen LogP contribution in [0.25, 0.3) is 0 Å². The molecule has 0 aromatic carbocycles. The van der Waals surface area contributed by atoms with Gasteiger partial charge in [-0.25, -0.2) is 0 Å². The topological polar surface area (TPSA) is 51.2 Å². The molecular formula is C8H14O4. The van der Waals surface area contributed by atoms with E-state index in [-0.39, 0.29) is 19.0 Å². The van der Waals surface area contributed by atoms with Crippen molar-refractivity contribution in [2.24, 2.45) is 0 Å². The third-order valence-electron chi connectivity index (χ3n) is 1.68. The first kappa shape index (κ1) is 9.67. The van der Waals surface area contributed by atoms with Gasteiger partial charge in [-0.15, -0.1) is 6.58 Å². The van der Waals surface area contributed by atoms with Gasteiger partial charge in [-0.05, 0) is 0 Å². The summed E-state index contributed by atoms with van der Waals surface area (Å²) in [4.78, 5) is 0. The highest BCUT2D eigenvalue weighted by Gasteiger charge is 2.37. The molecule has 1 aliphatic rings. The molecule has 0 amide bonds. The number of ether oxygens (including phenoxy) is 3. The van der Waals surface area contributed by atoms with Gasteiger partial charge in [0, 0.05) is 7.11 Å². The van der Waals surface area contributed by atoms with Crippen LogP contribution in [0.1, 0.15) is 0 Å². The predicted molar refractivity (Wildman–Crippen MR) is 42.7 cm³/mol. The maximum absolute atomic E-state index is 9.38. The maximum Gasteiger partial charge on any atom is 0.146 e. The summed E-state index contributed by atoms with van der Waals surface area (Å²) in [5.41, 5.74) is 0. The molecule has 0 radical (unpaired) electrons. The fraction of sp³-hybridized carbons (Fsp3) is 0.750. The lowest BCUT2D eigenvalue weighted by Crippen LogP contribution is -2.33. The van der Waals surface area contributed by atoms with Crippen LogP contribution in [0, 0.1) is 0 Å². The molecule has 12 heavy (non-hydrogen) atoms. The molecule has 1 N–H and O–H groups in total. The van der Waals surface area contributed by atoms with E-state index in [2.05, 4.69) is 6.58 Å². The van der Waals surface area contributed by atoms with Gasteiger partial charge in [0.2, 0.25) is 0 Å². The van der Waals surface area contributed by atoms with Gasteiger partial charge in [-0.1, -0.05) is 6.08 Å². The zero-order chi connectivity index (χ0) is 8.97. The summed E-state index contributed by atoms with van der Waals surface area (Å²) in [7, 11) is 1.53. The molecule has 0 aromatic heterocycles. The third-order valence-corrected chi connectivity index (χ3v) is 1.68. The highest BCUT2D eigenvalue weighted by molar-refractivity contribution is 4.93. The van der Waals surface area contributed by atoms with E-state index in [0.29, 0.717) is 6.61 Å². The molecule has 0 unspecified atom stereocenters. The van der Waals surface area contributed by atoms with Gasteiger partial charge in [-0.2, -0.15) is 0 Å². The van der Waals surface area contributed by atoms with Crippen molar-refractivity contribution in [3.63, 3.8) is 0 Å². The standard InChI is InChI=1S/C8H14O4/c1-3-6(9)8(7-4-11-7)12-5-10-2/h3,6-9H,1,4-5H2,2H3/t6-,7-,8+/m1/s1. The van der Waals surface area contributed by atoms with Crippen LogP contribution in [-0.2, 0) is 14.2 Å². The molecular weight excluding hydrogens is 160 g/mol. The van der Waals surface area contributed by atoms with Crippen molar-refractivity contribution in [3.05, 3.63) is 12.7 Å². The van der Waals surface area contributed by atoms with Crippen LogP contribution in [0.5, 0.6) is 0 Å². The van der Waals surface area contributed by atoms with E-state index in [1.54, 1.807) is 0 Å². The predicted octanol–water partition coefficient (Wildman–Crippen LogP) is -0.0788. The van der Waals surface area contributed by atoms with Crippen LogP contribution < -0.4 is 0 Å². The highest BCUT2D eigenvalue weighted by Crippen LogP contribution is 2.20. The van der Waals surface area contributed by atoms with Crippen LogP contribution in [0.3, 0.4) is 0 Å². The Balaban J connectivity index is 2.31. The molecule has 0 aliphatic carbocycles. The van der Waals surface area contributed by atoms with E-state index in [0.717, 1.165) is 0 Å². The Kier molecular flexibility index (Phi) is 3.68. The third kappa shape index (κ3) is 2.57. The minimum atomic E-state index is -0.687. The van der Waals surface area contributed by atoms with Gasteiger partial charge in [0.1, 0.15) is 25.1 Å². The van der Waals surface area contributed by atoms with Gasteiger partial charge >= 0.3 is 0 Å². The van der Waals surface area contributed by atoms with E-state index in [4.69, 9.17) is 14.2 Å². The molecule has 3 atom stereocenters. The number of aliphatic hydroxyl groups excluding tert-OH is 1. The number of epoxide rings is 1. The Morgan fingerprint density at radius 2 is 2.50 bits per heavy atom. The quantitative estimate of drug-likeness (QED) is 0.347. The van der Waals surface area contributed by atoms with Gasteiger partial charge in [0.15, 0.2) is 0 Å². The van der Waals surface area contributed by atoms with Crippen molar-refractivity contribution in [1.82, 2.24) is 0 Å². The lowest BCUT2D eigenvalue weighted by Gasteiger charge is -2.18. The molecule has 1 aliphatic heterocycles. The van der Waals surface area contributed by atoms with Crippen molar-refractivity contribution in [1.29, 1.82) is 0 Å². The van der Waals surface area contributed by atoms with E-state index in [1.165, 1.54) is 13.2 Å². The second kappa shape index (κ2) is 4.57. The molecule has 0 spiro atoms. The summed E-state index contributed by atoms with van der Waals surface area (Å²) in [6.45, 7) is 4.27. The first-order valence-electron chi connectivity index (χ1n) is 3.82. The SMILES string of the molecule is C=C[C@@H](O)[C@H](OCOC)[C@H]1CO1. The molecule has 4 heteroatoms. The van der Waals surface area contributed by atoms with Crippen LogP contribution >= 0.6 is 0 Å². The summed E-state index contributed by atoms with van der Waals surface area (Å²) < 4.78 is 14.9. The van der Waals surface area contributed by atoms with Crippen molar-refractivity contribution >= 4 is 0 Å². The minimum Gasteiger partial charge on any atom is -0.386 e. The summed E-state index contributed by atoms with van der Waals surface area (Å²) in [6.07, 6.45) is 0.394. The summed E-state index contributed by atoms with van der Waals surface area (Å²) in [5, 5.41) is 9.38. The number of methoxy groups -OCH3 is 1. The Morgan fingerprint density at radius 1 is 1.83 bits per heavy atom. The van der Waals surface area contributed by atoms with Gasteiger partial charge in [0.25, 0.3) is 0 Å². The van der Waals surface area contributed by atoms with Gasteiger partial charge < -0.3 is 19.3 Å². The van der Waals surface area contributed by atoms with Crippen molar-refractivity contribution in [3.8, 4) is 0 Å². The largest absolute Gasteiger partial charge is 0.386 e. The van der Waals surface area contributed by atoms with E-state index >= 15 is 0 Å². The molecule has 1 saturated heterocycles. The lowest BCUT2D eigenvalue weighted by molar-refractivity contribution is -0.109. The Labute approximate surface area is 71.7 Å². The molecule has 1 fully saturated rings. The average Bonchev–Trinajstić information content (AvgIpc) is 2.88. The molecule has 0 bridgehead atoms. The summed E-state index contributed by atoms with van der Waals surface area (Å²) in [5.74, 6) is 0. The molecule has 0 saturated carbocycles. The van der Waals surface area contributed by atoms with Crippen LogP contribution in [0.2, 0.25) is 0 Å². The zero-order valence-electron chi connectivity index (χ0n) is 7.10. The fourth-order valence-electron chi connectivity index (χ4n) is 0.952.